The fourth-order valence-corrected chi connectivity index (χ4v) is 1.43. The predicted octanol–water partition coefficient (Wildman–Crippen LogP) is 2.94. The highest BCUT2D eigenvalue weighted by Crippen LogP contribution is 2.16. The summed E-state index contributed by atoms with van der Waals surface area (Å²) in [5.41, 5.74) is 0. The minimum absolute atomic E-state index is 0.194. The molecule has 0 spiro atoms. The molecule has 0 N–H and O–H groups in total. The van der Waals surface area contributed by atoms with Crippen LogP contribution in [0, 0.1) is 17.7 Å². The molecule has 0 saturated heterocycles. The number of hydrogen-bond donors (Lipinski definition) is 0. The van der Waals surface area contributed by atoms with Gasteiger partial charge in [0.2, 0.25) is 0 Å². The van der Waals surface area contributed by atoms with E-state index in [2.05, 4.69) is 11.8 Å². The molecule has 0 aromatic heterocycles. The molecule has 0 saturated carbocycles. The van der Waals surface area contributed by atoms with Gasteiger partial charge in [-0.05, 0) is 31.2 Å². The van der Waals surface area contributed by atoms with Gasteiger partial charge >= 0.3 is 0 Å². The van der Waals surface area contributed by atoms with Gasteiger partial charge in [-0.2, -0.15) is 0 Å². The first-order chi connectivity index (χ1) is 5.83. The zero-order chi connectivity index (χ0) is 8.81. The first-order valence-corrected chi connectivity index (χ1v) is 4.59. The van der Waals surface area contributed by atoms with Crippen LogP contribution in [-0.2, 0) is 0 Å². The van der Waals surface area contributed by atoms with Gasteiger partial charge in [0.05, 0.1) is 5.75 Å². The second kappa shape index (κ2) is 4.84. The molecule has 0 atom stereocenters. The first kappa shape index (κ1) is 9.15. The van der Waals surface area contributed by atoms with Crippen molar-refractivity contribution in [2.24, 2.45) is 0 Å². The highest BCUT2D eigenvalue weighted by Gasteiger charge is 1.91. The lowest BCUT2D eigenvalue weighted by Gasteiger charge is -1.95. The van der Waals surface area contributed by atoms with Gasteiger partial charge in [0, 0.05) is 4.90 Å². The van der Waals surface area contributed by atoms with E-state index < -0.39 is 0 Å². The summed E-state index contributed by atoms with van der Waals surface area (Å²) in [4.78, 5) is 1.05. The van der Waals surface area contributed by atoms with Gasteiger partial charge in [0.25, 0.3) is 0 Å². The molecule has 0 unspecified atom stereocenters. The second-order valence-electron chi connectivity index (χ2n) is 2.17. The maximum Gasteiger partial charge on any atom is 0.123 e. The van der Waals surface area contributed by atoms with E-state index in [1.165, 1.54) is 12.1 Å². The molecule has 1 aromatic carbocycles. The van der Waals surface area contributed by atoms with Gasteiger partial charge in [-0.15, -0.1) is 17.7 Å². The SMILES string of the molecule is CC#CCSc1ccc(F)cc1. The Labute approximate surface area is 76.2 Å². The van der Waals surface area contributed by atoms with Crippen LogP contribution in [0.5, 0.6) is 0 Å². The summed E-state index contributed by atoms with van der Waals surface area (Å²) in [7, 11) is 0. The summed E-state index contributed by atoms with van der Waals surface area (Å²) >= 11 is 1.61. The van der Waals surface area contributed by atoms with Gasteiger partial charge in [-0.3, -0.25) is 0 Å². The maximum atomic E-state index is 12.4. The third kappa shape index (κ3) is 2.98. The van der Waals surface area contributed by atoms with Crippen molar-refractivity contribution in [1.29, 1.82) is 0 Å². The number of hydrogen-bond acceptors (Lipinski definition) is 1. The fraction of sp³-hybridized carbons (Fsp3) is 0.200. The fourth-order valence-electron chi connectivity index (χ4n) is 0.722. The lowest BCUT2D eigenvalue weighted by molar-refractivity contribution is 0.626. The Morgan fingerprint density at radius 1 is 1.33 bits per heavy atom. The Morgan fingerprint density at radius 3 is 2.58 bits per heavy atom. The van der Waals surface area contributed by atoms with Gasteiger partial charge in [-0.1, -0.05) is 5.92 Å². The van der Waals surface area contributed by atoms with E-state index in [9.17, 15) is 4.39 Å². The Kier molecular flexibility index (Phi) is 3.69. The minimum atomic E-state index is -0.194. The van der Waals surface area contributed by atoms with Crippen LogP contribution in [0.1, 0.15) is 6.92 Å². The zero-order valence-electron chi connectivity index (χ0n) is 6.80. The lowest BCUT2D eigenvalue weighted by Crippen LogP contribution is -1.75. The normalized spacial score (nSPS) is 8.83. The van der Waals surface area contributed by atoms with E-state index in [-0.39, 0.29) is 5.82 Å². The molecule has 12 heavy (non-hydrogen) atoms. The van der Waals surface area contributed by atoms with E-state index in [0.29, 0.717) is 0 Å². The smallest absolute Gasteiger partial charge is 0.123 e. The predicted molar refractivity (Wildman–Crippen MR) is 50.6 cm³/mol. The second-order valence-corrected chi connectivity index (χ2v) is 3.22. The van der Waals surface area contributed by atoms with Crippen molar-refractivity contribution in [3.63, 3.8) is 0 Å². The molecule has 62 valence electrons. The summed E-state index contributed by atoms with van der Waals surface area (Å²) in [5.74, 6) is 6.31. The van der Waals surface area contributed by atoms with Crippen LogP contribution in [0.25, 0.3) is 0 Å². The quantitative estimate of drug-likeness (QED) is 0.498. The minimum Gasteiger partial charge on any atom is -0.207 e. The van der Waals surface area contributed by atoms with Crippen LogP contribution in [-0.4, -0.2) is 5.75 Å². The molecule has 0 aliphatic carbocycles. The molecule has 0 fully saturated rings. The monoisotopic (exact) mass is 180 g/mol. The van der Waals surface area contributed by atoms with E-state index in [1.54, 1.807) is 23.9 Å². The highest BCUT2D eigenvalue weighted by molar-refractivity contribution is 7.99. The zero-order valence-corrected chi connectivity index (χ0v) is 7.62. The molecule has 1 aromatic rings. The average molecular weight is 180 g/mol. The van der Waals surface area contributed by atoms with Gasteiger partial charge in [0.15, 0.2) is 0 Å². The molecular formula is C10H9FS. The largest absolute Gasteiger partial charge is 0.207 e. The van der Waals surface area contributed by atoms with E-state index in [0.717, 1.165) is 10.6 Å². The standard InChI is InChI=1S/C10H9FS/c1-2-3-8-12-10-6-4-9(11)5-7-10/h4-7H,8H2,1H3. The van der Waals surface area contributed by atoms with Crippen LogP contribution in [0.15, 0.2) is 29.2 Å². The first-order valence-electron chi connectivity index (χ1n) is 3.61. The molecule has 0 aliphatic heterocycles. The van der Waals surface area contributed by atoms with Crippen LogP contribution in [0.4, 0.5) is 4.39 Å². The van der Waals surface area contributed by atoms with Crippen molar-refractivity contribution in [2.75, 3.05) is 5.75 Å². The van der Waals surface area contributed by atoms with Gasteiger partial charge < -0.3 is 0 Å². The third-order valence-electron chi connectivity index (χ3n) is 1.30. The highest BCUT2D eigenvalue weighted by atomic mass is 32.2. The summed E-state index contributed by atoms with van der Waals surface area (Å²) in [6, 6.07) is 6.44. The molecule has 0 bridgehead atoms. The topological polar surface area (TPSA) is 0 Å². The summed E-state index contributed by atoms with van der Waals surface area (Å²) < 4.78 is 12.4. The number of thioether (sulfide) groups is 1. The van der Waals surface area contributed by atoms with Crippen molar-refractivity contribution in [2.45, 2.75) is 11.8 Å². The Hall–Kier alpha value is -0.940. The van der Waals surface area contributed by atoms with Crippen LogP contribution >= 0.6 is 11.8 Å². The Morgan fingerprint density at radius 2 is 2.00 bits per heavy atom. The average Bonchev–Trinajstić information content (AvgIpc) is 2.09. The number of halogens is 1. The molecule has 1 rings (SSSR count). The summed E-state index contributed by atoms with van der Waals surface area (Å²) in [6.45, 7) is 1.81. The van der Waals surface area contributed by atoms with E-state index in [1.807, 2.05) is 6.92 Å². The van der Waals surface area contributed by atoms with Crippen LogP contribution in [0.3, 0.4) is 0 Å². The molecular weight excluding hydrogens is 171 g/mol. The molecule has 0 radical (unpaired) electrons. The molecule has 2 heteroatoms. The van der Waals surface area contributed by atoms with Crippen molar-refractivity contribution in [1.82, 2.24) is 0 Å². The molecule has 0 heterocycles. The summed E-state index contributed by atoms with van der Waals surface area (Å²) in [5, 5.41) is 0. The van der Waals surface area contributed by atoms with Crippen molar-refractivity contribution in [3.05, 3.63) is 30.1 Å². The van der Waals surface area contributed by atoms with Crippen LogP contribution in [0.2, 0.25) is 0 Å². The number of rotatable bonds is 2. The Bertz CT molecular complexity index is 292. The molecule has 0 nitrogen and oxygen atoms in total. The number of benzene rings is 1. The van der Waals surface area contributed by atoms with Gasteiger partial charge in [0.1, 0.15) is 5.82 Å². The van der Waals surface area contributed by atoms with E-state index >= 15 is 0 Å². The molecule has 0 amide bonds. The van der Waals surface area contributed by atoms with Gasteiger partial charge in [-0.25, -0.2) is 4.39 Å². The lowest BCUT2D eigenvalue weighted by atomic mass is 10.4. The molecule has 0 aliphatic rings. The maximum absolute atomic E-state index is 12.4. The van der Waals surface area contributed by atoms with Crippen molar-refractivity contribution >= 4 is 11.8 Å². The van der Waals surface area contributed by atoms with E-state index in [4.69, 9.17) is 0 Å². The van der Waals surface area contributed by atoms with Crippen molar-refractivity contribution < 1.29 is 4.39 Å². The summed E-state index contributed by atoms with van der Waals surface area (Å²) in [6.07, 6.45) is 0. The Balaban J connectivity index is 2.51. The van der Waals surface area contributed by atoms with Crippen LogP contribution < -0.4 is 0 Å². The van der Waals surface area contributed by atoms with Crippen molar-refractivity contribution in [3.8, 4) is 11.8 Å². The third-order valence-corrected chi connectivity index (χ3v) is 2.20.